The van der Waals surface area contributed by atoms with Crippen molar-refractivity contribution in [2.45, 2.75) is 50.2 Å². The number of amides is 2. The number of hydroxylamine groups is 1. The number of aromatic nitrogens is 1. The lowest BCUT2D eigenvalue weighted by Crippen LogP contribution is -2.50. The van der Waals surface area contributed by atoms with Gasteiger partial charge in [-0.2, -0.15) is 0 Å². The maximum Gasteiger partial charge on any atom is 0.249 e. The minimum Gasteiger partial charge on any atom is -0.393 e. The molecule has 6 N–H and O–H groups in total. The summed E-state index contributed by atoms with van der Waals surface area (Å²) in [7, 11) is 0. The molecule has 2 atom stereocenters. The molecule has 8 nitrogen and oxygen atoms in total. The molecule has 139 valence electrons. The summed E-state index contributed by atoms with van der Waals surface area (Å²) in [4.78, 5) is 27.4. The lowest BCUT2D eigenvalue weighted by Gasteiger charge is -2.40. The molecule has 1 aromatic heterocycles. The lowest BCUT2D eigenvalue weighted by atomic mass is 9.70. The molecule has 0 bridgehead atoms. The van der Waals surface area contributed by atoms with Gasteiger partial charge >= 0.3 is 0 Å². The molecule has 0 aromatic carbocycles. The Hall–Kier alpha value is -1.55. The van der Waals surface area contributed by atoms with Crippen LogP contribution in [0, 0.1) is 18.3 Å². The number of nitrogens with zero attached hydrogens (tertiary/aromatic N) is 1. The van der Waals surface area contributed by atoms with Gasteiger partial charge in [0.1, 0.15) is 0 Å². The third-order valence-electron chi connectivity index (χ3n) is 4.89. The first-order valence-corrected chi connectivity index (χ1v) is 9.14. The summed E-state index contributed by atoms with van der Waals surface area (Å²) in [5.74, 6) is -2.48. The van der Waals surface area contributed by atoms with Crippen LogP contribution in [0.15, 0.2) is 10.9 Å². The summed E-state index contributed by atoms with van der Waals surface area (Å²) >= 11 is 1.45. The zero-order valence-corrected chi connectivity index (χ0v) is 14.6. The van der Waals surface area contributed by atoms with Crippen molar-refractivity contribution in [3.8, 4) is 0 Å². The molecule has 1 saturated carbocycles. The average molecular weight is 370 g/mol. The second kappa shape index (κ2) is 8.70. The van der Waals surface area contributed by atoms with E-state index in [1.807, 2.05) is 5.38 Å². The van der Waals surface area contributed by atoms with Gasteiger partial charge in [0.2, 0.25) is 11.8 Å². The van der Waals surface area contributed by atoms with Gasteiger partial charge in [-0.3, -0.25) is 14.8 Å². The molecule has 0 saturated heterocycles. The predicted octanol–water partition coefficient (Wildman–Crippen LogP) is 0.169. The number of thiazole rings is 1. The zero-order valence-electron chi connectivity index (χ0n) is 13.8. The quantitative estimate of drug-likeness (QED) is 0.326. The van der Waals surface area contributed by atoms with E-state index in [2.05, 4.69) is 4.98 Å². The van der Waals surface area contributed by atoms with Crippen molar-refractivity contribution in [1.29, 1.82) is 0 Å². The Kier molecular flexibility index (Phi) is 6.88. The van der Waals surface area contributed by atoms with Crippen LogP contribution < -0.4 is 11.2 Å². The summed E-state index contributed by atoms with van der Waals surface area (Å²) in [6.07, 6.45) is 2.25. The van der Waals surface area contributed by atoms with E-state index in [-0.39, 0.29) is 25.2 Å². The normalized spacial score (nSPS) is 26.0. The third-order valence-corrected chi connectivity index (χ3v) is 5.52. The molecule has 2 amide bonds. The minimum absolute atomic E-state index is 0.0335. The van der Waals surface area contributed by atoms with Crippen LogP contribution in [-0.2, 0) is 16.0 Å². The summed E-state index contributed by atoms with van der Waals surface area (Å²) < 4.78 is 0. The first-order chi connectivity index (χ1) is 11.9. The summed E-state index contributed by atoms with van der Waals surface area (Å²) in [6, 6.07) is 0. The maximum absolute atomic E-state index is 12.1. The van der Waals surface area contributed by atoms with Gasteiger partial charge in [-0.1, -0.05) is 0 Å². The predicted molar refractivity (Wildman–Crippen MR) is 90.3 cm³/mol. The highest BCUT2D eigenvalue weighted by Gasteiger charge is 2.45. The fourth-order valence-corrected chi connectivity index (χ4v) is 3.90. The highest BCUT2D eigenvalue weighted by Crippen LogP contribution is 2.39. The Balaban J connectivity index is 1.98. The highest BCUT2D eigenvalue weighted by atomic mass is 32.1. The SMILES string of the molecule is NC(=O)C1CCC(O)(C(CC(O)[CH]Cc2cscn2)C(=O)NO)CC1. The van der Waals surface area contributed by atoms with Crippen molar-refractivity contribution >= 4 is 23.2 Å². The van der Waals surface area contributed by atoms with Crippen molar-refractivity contribution in [2.24, 2.45) is 17.6 Å². The maximum atomic E-state index is 12.1. The van der Waals surface area contributed by atoms with Crippen LogP contribution in [0.1, 0.15) is 37.8 Å². The van der Waals surface area contributed by atoms with Gasteiger partial charge in [-0.15, -0.1) is 11.3 Å². The van der Waals surface area contributed by atoms with Crippen LogP contribution in [0.3, 0.4) is 0 Å². The van der Waals surface area contributed by atoms with Crippen molar-refractivity contribution in [3.63, 3.8) is 0 Å². The molecule has 2 unspecified atom stereocenters. The largest absolute Gasteiger partial charge is 0.393 e. The van der Waals surface area contributed by atoms with E-state index >= 15 is 0 Å². The van der Waals surface area contributed by atoms with Crippen LogP contribution in [0.2, 0.25) is 0 Å². The van der Waals surface area contributed by atoms with E-state index in [1.165, 1.54) is 11.3 Å². The number of aliphatic hydroxyl groups is 2. The second-order valence-electron chi connectivity index (χ2n) is 6.53. The number of hydrogen-bond donors (Lipinski definition) is 5. The summed E-state index contributed by atoms with van der Waals surface area (Å²) in [6.45, 7) is 0. The molecule has 25 heavy (non-hydrogen) atoms. The van der Waals surface area contributed by atoms with E-state index < -0.39 is 29.4 Å². The Labute approximate surface area is 150 Å². The van der Waals surface area contributed by atoms with E-state index in [1.54, 1.807) is 17.4 Å². The number of nitrogens with two attached hydrogens (primary N) is 1. The van der Waals surface area contributed by atoms with Crippen LogP contribution in [-0.4, -0.2) is 43.9 Å². The fraction of sp³-hybridized carbons (Fsp3) is 0.625. The third kappa shape index (κ3) is 5.21. The van der Waals surface area contributed by atoms with Gasteiger partial charge < -0.3 is 15.9 Å². The number of aliphatic hydroxyl groups excluding tert-OH is 1. The second-order valence-corrected chi connectivity index (χ2v) is 7.25. The van der Waals surface area contributed by atoms with Crippen molar-refractivity contribution in [1.82, 2.24) is 10.5 Å². The molecule has 1 heterocycles. The Morgan fingerprint density at radius 2 is 2.16 bits per heavy atom. The monoisotopic (exact) mass is 370 g/mol. The number of carbonyl (C=O) groups is 2. The number of carbonyl (C=O) groups excluding carboxylic acids is 2. The number of primary amides is 1. The van der Waals surface area contributed by atoms with Gasteiger partial charge in [-0.25, -0.2) is 10.5 Å². The molecular formula is C16H24N3O5S. The number of hydrogen-bond acceptors (Lipinski definition) is 7. The first-order valence-electron chi connectivity index (χ1n) is 8.20. The lowest BCUT2D eigenvalue weighted by molar-refractivity contribution is -0.150. The van der Waals surface area contributed by atoms with Gasteiger partial charge in [0.05, 0.1) is 28.8 Å². The fourth-order valence-electron chi connectivity index (χ4n) is 3.33. The van der Waals surface area contributed by atoms with Crippen molar-refractivity contribution in [3.05, 3.63) is 23.0 Å². The van der Waals surface area contributed by atoms with E-state index in [4.69, 9.17) is 10.9 Å². The first kappa shape index (κ1) is 19.8. The molecule has 1 aliphatic rings. The van der Waals surface area contributed by atoms with Crippen molar-refractivity contribution < 1.29 is 25.0 Å². The summed E-state index contributed by atoms with van der Waals surface area (Å²) in [5.41, 5.74) is 7.98. The molecule has 1 radical (unpaired) electrons. The molecule has 0 aliphatic heterocycles. The van der Waals surface area contributed by atoms with E-state index in [0.29, 0.717) is 19.3 Å². The molecule has 0 spiro atoms. The molecule has 1 aliphatic carbocycles. The topological polar surface area (TPSA) is 146 Å². The van der Waals surface area contributed by atoms with Crippen LogP contribution in [0.4, 0.5) is 0 Å². The van der Waals surface area contributed by atoms with Crippen molar-refractivity contribution in [2.75, 3.05) is 0 Å². The Morgan fingerprint density at radius 3 is 2.68 bits per heavy atom. The van der Waals surface area contributed by atoms with E-state index in [9.17, 15) is 19.8 Å². The van der Waals surface area contributed by atoms with Gasteiger partial charge in [0.25, 0.3) is 0 Å². The average Bonchev–Trinajstić information content (AvgIpc) is 3.11. The zero-order chi connectivity index (χ0) is 18.4. The molecular weight excluding hydrogens is 346 g/mol. The number of nitrogens with one attached hydrogen (secondary N) is 1. The van der Waals surface area contributed by atoms with Gasteiger partial charge in [-0.05, 0) is 44.9 Å². The van der Waals surface area contributed by atoms with Crippen LogP contribution in [0.25, 0.3) is 0 Å². The standard InChI is InChI=1S/C16H24N3O5S/c17-14(21)10-3-5-16(23,6-4-10)13(15(22)19-24)7-12(20)2-1-11-8-25-9-18-11/h2,8-10,12-13,20,23-24H,1,3-7H2,(H2,17,21)(H,19,22). The molecule has 2 rings (SSSR count). The number of rotatable bonds is 8. The van der Waals surface area contributed by atoms with Crippen LogP contribution >= 0.6 is 11.3 Å². The molecule has 1 fully saturated rings. The minimum atomic E-state index is -1.39. The Bertz CT molecular complexity index is 572. The van der Waals surface area contributed by atoms with Gasteiger partial charge in [0, 0.05) is 11.3 Å². The summed E-state index contributed by atoms with van der Waals surface area (Å²) in [5, 5.41) is 32.0. The highest BCUT2D eigenvalue weighted by molar-refractivity contribution is 7.07. The van der Waals surface area contributed by atoms with E-state index in [0.717, 1.165) is 5.69 Å². The van der Waals surface area contributed by atoms with Gasteiger partial charge in [0.15, 0.2) is 0 Å². The smallest absolute Gasteiger partial charge is 0.249 e. The molecule has 1 aromatic rings. The Morgan fingerprint density at radius 1 is 1.48 bits per heavy atom. The molecule has 9 heteroatoms. The van der Waals surface area contributed by atoms with Crippen LogP contribution in [0.5, 0.6) is 0 Å².